The Morgan fingerprint density at radius 1 is 1.31 bits per heavy atom. The molecule has 1 saturated heterocycles. The first-order valence-corrected chi connectivity index (χ1v) is 6.52. The average molecular weight is 228 g/mol. The molecule has 1 aliphatic heterocycles. The maximum Gasteiger partial charge on any atom is 0.0957 e. The van der Waals surface area contributed by atoms with E-state index in [0.29, 0.717) is 6.04 Å². The van der Waals surface area contributed by atoms with Crippen LogP contribution in [0.4, 0.5) is 0 Å². The van der Waals surface area contributed by atoms with Crippen LogP contribution in [0.25, 0.3) is 0 Å². The summed E-state index contributed by atoms with van der Waals surface area (Å²) in [6.07, 6.45) is 1.24. The number of hydrogen-bond donors (Lipinski definition) is 0. The molecule has 1 atom stereocenters. The summed E-state index contributed by atoms with van der Waals surface area (Å²) in [4.78, 5) is 2.51. The summed E-state index contributed by atoms with van der Waals surface area (Å²) in [5.41, 5.74) is 0.279. The van der Waals surface area contributed by atoms with Crippen LogP contribution in [-0.2, 0) is 0 Å². The second-order valence-corrected chi connectivity index (χ2v) is 6.46. The lowest BCUT2D eigenvalue weighted by Gasteiger charge is -2.53. The molecule has 0 radical (unpaired) electrons. The molecule has 0 aromatic rings. The van der Waals surface area contributed by atoms with Crippen LogP contribution in [0.5, 0.6) is 0 Å². The van der Waals surface area contributed by atoms with E-state index in [1.54, 1.807) is 0 Å². The summed E-state index contributed by atoms with van der Waals surface area (Å²) in [6.45, 7) is 12.9. The van der Waals surface area contributed by atoms with Gasteiger partial charge in [0.1, 0.15) is 0 Å². The van der Waals surface area contributed by atoms with Crippen LogP contribution < -0.4 is 0 Å². The zero-order valence-electron chi connectivity index (χ0n) is 12.2. The van der Waals surface area contributed by atoms with Gasteiger partial charge in [-0.2, -0.15) is 5.01 Å². The second kappa shape index (κ2) is 4.63. The van der Waals surface area contributed by atoms with Crippen LogP contribution in [-0.4, -0.2) is 66.9 Å². The molecule has 0 amide bonds. The van der Waals surface area contributed by atoms with E-state index < -0.39 is 0 Å². The minimum absolute atomic E-state index is 0.279. The molecule has 96 valence electrons. The minimum atomic E-state index is 0.279. The van der Waals surface area contributed by atoms with Crippen molar-refractivity contribution in [3.05, 3.63) is 0 Å². The van der Waals surface area contributed by atoms with E-state index in [2.05, 4.69) is 58.7 Å². The third kappa shape index (κ3) is 2.76. The summed E-state index contributed by atoms with van der Waals surface area (Å²) in [7, 11) is 6.91. The summed E-state index contributed by atoms with van der Waals surface area (Å²) >= 11 is 0. The number of nitrogens with zero attached hydrogens (tertiary/aromatic N) is 3. The Morgan fingerprint density at radius 2 is 1.88 bits per heavy atom. The molecule has 1 fully saturated rings. The van der Waals surface area contributed by atoms with Gasteiger partial charge < -0.3 is 0 Å². The van der Waals surface area contributed by atoms with Crippen molar-refractivity contribution in [3.63, 3.8) is 0 Å². The lowest BCUT2D eigenvalue weighted by atomic mass is 9.97. The molecule has 0 N–H and O–H groups in total. The van der Waals surface area contributed by atoms with E-state index in [9.17, 15) is 0 Å². The smallest absolute Gasteiger partial charge is 0.0957 e. The van der Waals surface area contributed by atoms with Gasteiger partial charge in [-0.1, -0.05) is 6.92 Å². The van der Waals surface area contributed by atoms with Gasteiger partial charge in [-0.05, 0) is 34.2 Å². The quantitative estimate of drug-likeness (QED) is 0.680. The fourth-order valence-corrected chi connectivity index (χ4v) is 2.75. The number of likely N-dealkylation sites (N-methyl/N-ethyl adjacent to an activating group) is 1. The van der Waals surface area contributed by atoms with Crippen molar-refractivity contribution in [2.75, 3.05) is 40.8 Å². The lowest BCUT2D eigenvalue weighted by molar-refractivity contribution is -1.01. The highest BCUT2D eigenvalue weighted by Crippen LogP contribution is 2.26. The zero-order chi connectivity index (χ0) is 12.6. The Hall–Kier alpha value is -0.120. The van der Waals surface area contributed by atoms with Crippen molar-refractivity contribution in [1.82, 2.24) is 9.91 Å². The van der Waals surface area contributed by atoms with Crippen LogP contribution in [0.15, 0.2) is 0 Å². The van der Waals surface area contributed by atoms with E-state index >= 15 is 0 Å². The summed E-state index contributed by atoms with van der Waals surface area (Å²) in [5, 5.41) is 2.62. The Bertz CT molecular complexity index is 235. The van der Waals surface area contributed by atoms with E-state index in [4.69, 9.17) is 0 Å². The van der Waals surface area contributed by atoms with Crippen molar-refractivity contribution in [2.45, 2.75) is 45.7 Å². The Morgan fingerprint density at radius 3 is 2.31 bits per heavy atom. The SMILES string of the molecule is CCC[N+](C)(C)N1CC(C)N(C)C(C)(C)C1. The first-order chi connectivity index (χ1) is 7.20. The van der Waals surface area contributed by atoms with Gasteiger partial charge in [0.05, 0.1) is 33.7 Å². The molecule has 0 spiro atoms. The Labute approximate surface area is 102 Å². The third-order valence-electron chi connectivity index (χ3n) is 4.20. The highest BCUT2D eigenvalue weighted by atomic mass is 15.7. The lowest BCUT2D eigenvalue weighted by Crippen LogP contribution is -2.69. The zero-order valence-corrected chi connectivity index (χ0v) is 12.2. The molecule has 0 aliphatic carbocycles. The van der Waals surface area contributed by atoms with Crippen molar-refractivity contribution < 1.29 is 4.59 Å². The number of quaternary nitrogens is 1. The highest BCUT2D eigenvalue weighted by molar-refractivity contribution is 4.90. The molecule has 0 aromatic heterocycles. The van der Waals surface area contributed by atoms with Gasteiger partial charge in [0.15, 0.2) is 0 Å². The van der Waals surface area contributed by atoms with Crippen LogP contribution >= 0.6 is 0 Å². The molecule has 1 heterocycles. The molecule has 3 nitrogen and oxygen atoms in total. The van der Waals surface area contributed by atoms with Crippen molar-refractivity contribution >= 4 is 0 Å². The Kier molecular flexibility index (Phi) is 4.04. The third-order valence-corrected chi connectivity index (χ3v) is 4.20. The Balaban J connectivity index is 2.78. The number of hydrogen-bond acceptors (Lipinski definition) is 2. The molecule has 16 heavy (non-hydrogen) atoms. The van der Waals surface area contributed by atoms with Gasteiger partial charge >= 0.3 is 0 Å². The fraction of sp³-hybridized carbons (Fsp3) is 1.00. The highest BCUT2D eigenvalue weighted by Gasteiger charge is 2.41. The monoisotopic (exact) mass is 228 g/mol. The minimum Gasteiger partial charge on any atom is -0.296 e. The van der Waals surface area contributed by atoms with E-state index in [1.807, 2.05) is 0 Å². The molecule has 0 aromatic carbocycles. The van der Waals surface area contributed by atoms with Crippen LogP contribution in [0.3, 0.4) is 0 Å². The molecule has 1 aliphatic rings. The van der Waals surface area contributed by atoms with Crippen molar-refractivity contribution in [1.29, 1.82) is 0 Å². The molecule has 1 unspecified atom stereocenters. The molecule has 1 rings (SSSR count). The summed E-state index contributed by atoms with van der Waals surface area (Å²) < 4.78 is 1.03. The van der Waals surface area contributed by atoms with E-state index in [0.717, 1.165) is 11.1 Å². The first-order valence-electron chi connectivity index (χ1n) is 6.52. The first kappa shape index (κ1) is 13.9. The maximum atomic E-state index is 2.62. The second-order valence-electron chi connectivity index (χ2n) is 6.46. The van der Waals surface area contributed by atoms with Crippen LogP contribution in [0.1, 0.15) is 34.1 Å². The largest absolute Gasteiger partial charge is 0.296 e. The topological polar surface area (TPSA) is 6.48 Å². The average Bonchev–Trinajstić information content (AvgIpc) is 2.13. The van der Waals surface area contributed by atoms with E-state index in [-0.39, 0.29) is 5.54 Å². The van der Waals surface area contributed by atoms with Gasteiger partial charge in [0.25, 0.3) is 0 Å². The van der Waals surface area contributed by atoms with Gasteiger partial charge in [0.2, 0.25) is 0 Å². The molecule has 0 saturated carbocycles. The summed E-state index contributed by atoms with van der Waals surface area (Å²) in [6, 6.07) is 0.637. The van der Waals surface area contributed by atoms with Gasteiger partial charge in [-0.25, -0.2) is 4.59 Å². The molecule has 0 bridgehead atoms. The number of rotatable bonds is 3. The number of piperazine rings is 1. The van der Waals surface area contributed by atoms with E-state index in [1.165, 1.54) is 19.5 Å². The molecule has 3 heteroatoms. The predicted octanol–water partition coefficient (Wildman–Crippen LogP) is 1.80. The fourth-order valence-electron chi connectivity index (χ4n) is 2.75. The van der Waals surface area contributed by atoms with Gasteiger partial charge in [-0.3, -0.25) is 4.90 Å². The summed E-state index contributed by atoms with van der Waals surface area (Å²) in [5.74, 6) is 0. The molecular formula is C13H30N3+. The predicted molar refractivity (Wildman–Crippen MR) is 70.1 cm³/mol. The van der Waals surface area contributed by atoms with Crippen molar-refractivity contribution in [3.8, 4) is 0 Å². The van der Waals surface area contributed by atoms with Crippen molar-refractivity contribution in [2.24, 2.45) is 0 Å². The maximum absolute atomic E-state index is 2.62. The van der Waals surface area contributed by atoms with Gasteiger partial charge in [0, 0.05) is 11.6 Å². The molecular weight excluding hydrogens is 198 g/mol. The van der Waals surface area contributed by atoms with Crippen LogP contribution in [0, 0.1) is 0 Å². The van der Waals surface area contributed by atoms with Gasteiger partial charge in [-0.15, -0.1) is 0 Å². The van der Waals surface area contributed by atoms with Crippen LogP contribution in [0.2, 0.25) is 0 Å². The standard InChI is InChI=1S/C13H30N3/c1-8-9-16(6,7)15-10-12(2)14(5)13(3,4)11-15/h12H,8-11H2,1-7H3/q+1. The normalized spacial score (nSPS) is 28.3.